The standard InChI is InChI=1S/C27H32N2O4/c1-32-22-10-9-19(17-23(22)33-2)25(30)28-24-11-12-27(24)13-15-29(16-14-27)26(31)21-6-4-3-5-20(21)18-7-8-18/h3-6,9-10,17-18,24H,7-8,11-16H2,1-2H3,(H,28,30). The van der Waals surface area contributed by atoms with Crippen LogP contribution in [0, 0.1) is 5.41 Å². The zero-order chi connectivity index (χ0) is 23.0. The van der Waals surface area contributed by atoms with Crippen molar-refractivity contribution in [2.45, 2.75) is 50.5 Å². The highest BCUT2D eigenvalue weighted by Crippen LogP contribution is 2.49. The van der Waals surface area contributed by atoms with Crippen LogP contribution in [0.2, 0.25) is 0 Å². The largest absolute Gasteiger partial charge is 0.493 e. The lowest BCUT2D eigenvalue weighted by molar-refractivity contribution is -0.00235. The Morgan fingerprint density at radius 1 is 0.939 bits per heavy atom. The first kappa shape index (κ1) is 21.8. The van der Waals surface area contributed by atoms with Crippen molar-refractivity contribution >= 4 is 11.8 Å². The summed E-state index contributed by atoms with van der Waals surface area (Å²) in [5.41, 5.74) is 2.76. The molecule has 2 amide bonds. The monoisotopic (exact) mass is 448 g/mol. The van der Waals surface area contributed by atoms with Crippen LogP contribution in [0.15, 0.2) is 42.5 Å². The lowest BCUT2D eigenvalue weighted by Gasteiger charge is -2.54. The molecule has 33 heavy (non-hydrogen) atoms. The second-order valence-corrected chi connectivity index (χ2v) is 9.65. The summed E-state index contributed by atoms with van der Waals surface area (Å²) in [6.07, 6.45) is 6.33. The first-order valence-corrected chi connectivity index (χ1v) is 12.0. The number of rotatable bonds is 6. The van der Waals surface area contributed by atoms with Gasteiger partial charge < -0.3 is 19.7 Å². The molecule has 5 rings (SSSR count). The molecule has 2 aliphatic carbocycles. The van der Waals surface area contributed by atoms with Crippen LogP contribution in [0.3, 0.4) is 0 Å². The first-order valence-electron chi connectivity index (χ1n) is 12.0. The molecule has 1 spiro atoms. The van der Waals surface area contributed by atoms with Crippen molar-refractivity contribution in [2.75, 3.05) is 27.3 Å². The van der Waals surface area contributed by atoms with Crippen molar-refractivity contribution < 1.29 is 19.1 Å². The third kappa shape index (κ3) is 4.07. The van der Waals surface area contributed by atoms with E-state index < -0.39 is 0 Å². The highest BCUT2D eigenvalue weighted by atomic mass is 16.5. The number of likely N-dealkylation sites (tertiary alicyclic amines) is 1. The van der Waals surface area contributed by atoms with Gasteiger partial charge in [-0.2, -0.15) is 0 Å². The van der Waals surface area contributed by atoms with Gasteiger partial charge in [0.15, 0.2) is 11.5 Å². The fraction of sp³-hybridized carbons (Fsp3) is 0.481. The smallest absolute Gasteiger partial charge is 0.254 e. The number of amides is 2. The minimum absolute atomic E-state index is 0.0862. The molecule has 2 saturated carbocycles. The fourth-order valence-corrected chi connectivity index (χ4v) is 5.51. The lowest BCUT2D eigenvalue weighted by Crippen LogP contribution is -2.59. The van der Waals surface area contributed by atoms with Crippen LogP contribution < -0.4 is 14.8 Å². The van der Waals surface area contributed by atoms with Crippen LogP contribution in [0.25, 0.3) is 0 Å². The number of methoxy groups -OCH3 is 2. The van der Waals surface area contributed by atoms with Crippen molar-refractivity contribution in [1.82, 2.24) is 10.2 Å². The van der Waals surface area contributed by atoms with Gasteiger partial charge in [-0.25, -0.2) is 0 Å². The molecule has 2 aromatic carbocycles. The SMILES string of the molecule is COc1ccc(C(=O)NC2CCC23CCN(C(=O)c2ccccc2C2CC2)CC3)cc1OC. The third-order valence-electron chi connectivity index (χ3n) is 7.88. The Morgan fingerprint density at radius 2 is 1.67 bits per heavy atom. The summed E-state index contributed by atoms with van der Waals surface area (Å²) < 4.78 is 10.6. The molecule has 1 aliphatic heterocycles. The van der Waals surface area contributed by atoms with E-state index in [1.165, 1.54) is 18.4 Å². The second kappa shape index (κ2) is 8.73. The summed E-state index contributed by atoms with van der Waals surface area (Å²) in [6.45, 7) is 1.50. The Kier molecular flexibility index (Phi) is 5.77. The quantitative estimate of drug-likeness (QED) is 0.711. The zero-order valence-electron chi connectivity index (χ0n) is 19.4. The van der Waals surface area contributed by atoms with E-state index in [1.807, 2.05) is 23.1 Å². The fourth-order valence-electron chi connectivity index (χ4n) is 5.51. The van der Waals surface area contributed by atoms with E-state index in [-0.39, 0.29) is 23.3 Å². The molecule has 1 N–H and O–H groups in total. The molecule has 1 unspecified atom stereocenters. The highest BCUT2D eigenvalue weighted by molar-refractivity contribution is 5.96. The summed E-state index contributed by atoms with van der Waals surface area (Å²) in [6, 6.07) is 13.5. The topological polar surface area (TPSA) is 67.9 Å². The Morgan fingerprint density at radius 3 is 2.30 bits per heavy atom. The van der Waals surface area contributed by atoms with Gasteiger partial charge in [0.05, 0.1) is 14.2 Å². The van der Waals surface area contributed by atoms with Crippen LogP contribution in [0.5, 0.6) is 11.5 Å². The number of piperidine rings is 1. The van der Waals surface area contributed by atoms with Crippen LogP contribution in [-0.2, 0) is 0 Å². The van der Waals surface area contributed by atoms with E-state index in [9.17, 15) is 9.59 Å². The molecule has 174 valence electrons. The molecule has 0 bridgehead atoms. The third-order valence-corrected chi connectivity index (χ3v) is 7.88. The van der Waals surface area contributed by atoms with Crippen LogP contribution in [-0.4, -0.2) is 50.1 Å². The van der Waals surface area contributed by atoms with Crippen LogP contribution in [0.4, 0.5) is 0 Å². The lowest BCUT2D eigenvalue weighted by atomic mass is 9.59. The molecule has 2 aromatic rings. The van der Waals surface area contributed by atoms with Gasteiger partial charge in [-0.1, -0.05) is 18.2 Å². The molecular formula is C27H32N2O4. The van der Waals surface area contributed by atoms with Gasteiger partial charge in [-0.05, 0) is 79.7 Å². The van der Waals surface area contributed by atoms with Gasteiger partial charge >= 0.3 is 0 Å². The Hall–Kier alpha value is -3.02. The summed E-state index contributed by atoms with van der Waals surface area (Å²) >= 11 is 0. The molecule has 0 aromatic heterocycles. The van der Waals surface area contributed by atoms with Gasteiger partial charge in [-0.3, -0.25) is 9.59 Å². The summed E-state index contributed by atoms with van der Waals surface area (Å²) in [5.74, 6) is 1.79. The molecular weight excluding hydrogens is 416 g/mol. The van der Waals surface area contributed by atoms with E-state index in [4.69, 9.17) is 9.47 Å². The number of nitrogens with zero attached hydrogens (tertiary/aromatic N) is 1. The molecule has 3 fully saturated rings. The van der Waals surface area contributed by atoms with Gasteiger partial charge in [0.1, 0.15) is 0 Å². The van der Waals surface area contributed by atoms with Crippen molar-refractivity contribution in [2.24, 2.45) is 5.41 Å². The number of ether oxygens (including phenoxy) is 2. The average molecular weight is 449 g/mol. The summed E-state index contributed by atoms with van der Waals surface area (Å²) in [5, 5.41) is 3.25. The van der Waals surface area contributed by atoms with Crippen molar-refractivity contribution in [3.63, 3.8) is 0 Å². The van der Waals surface area contributed by atoms with Crippen LogP contribution in [0.1, 0.15) is 70.7 Å². The minimum atomic E-state index is -0.0862. The predicted octanol–water partition coefficient (Wildman–Crippen LogP) is 4.40. The van der Waals surface area contributed by atoms with E-state index in [2.05, 4.69) is 11.4 Å². The van der Waals surface area contributed by atoms with Gasteiger partial charge in [-0.15, -0.1) is 0 Å². The van der Waals surface area contributed by atoms with E-state index in [0.717, 1.165) is 44.3 Å². The van der Waals surface area contributed by atoms with E-state index in [0.29, 0.717) is 23.0 Å². The summed E-state index contributed by atoms with van der Waals surface area (Å²) in [4.78, 5) is 28.2. The van der Waals surface area contributed by atoms with E-state index in [1.54, 1.807) is 32.4 Å². The predicted molar refractivity (Wildman–Crippen MR) is 126 cm³/mol. The van der Waals surface area contributed by atoms with Crippen LogP contribution >= 0.6 is 0 Å². The maximum Gasteiger partial charge on any atom is 0.254 e. The maximum absolute atomic E-state index is 13.3. The molecule has 0 radical (unpaired) electrons. The Balaban J connectivity index is 1.22. The molecule has 1 atom stereocenters. The average Bonchev–Trinajstić information content (AvgIpc) is 3.71. The van der Waals surface area contributed by atoms with Gasteiger partial charge in [0.25, 0.3) is 11.8 Å². The van der Waals surface area contributed by atoms with Crippen molar-refractivity contribution in [3.8, 4) is 11.5 Å². The number of hydrogen-bond donors (Lipinski definition) is 1. The molecule has 3 aliphatic rings. The molecule has 1 heterocycles. The maximum atomic E-state index is 13.3. The number of carbonyl (C=O) groups excluding carboxylic acids is 2. The normalized spacial score (nSPS) is 21.3. The minimum Gasteiger partial charge on any atom is -0.493 e. The van der Waals surface area contributed by atoms with E-state index >= 15 is 0 Å². The number of nitrogens with one attached hydrogen (secondary N) is 1. The summed E-state index contributed by atoms with van der Waals surface area (Å²) in [7, 11) is 3.15. The number of carbonyl (C=O) groups is 2. The Labute approximate surface area is 195 Å². The van der Waals surface area contributed by atoms with Gasteiger partial charge in [0, 0.05) is 30.3 Å². The molecule has 6 nitrogen and oxygen atoms in total. The van der Waals surface area contributed by atoms with Gasteiger partial charge in [0.2, 0.25) is 0 Å². The Bertz CT molecular complexity index is 1050. The van der Waals surface area contributed by atoms with Crippen molar-refractivity contribution in [3.05, 3.63) is 59.2 Å². The van der Waals surface area contributed by atoms with Crippen molar-refractivity contribution in [1.29, 1.82) is 0 Å². The number of benzene rings is 2. The number of hydrogen-bond acceptors (Lipinski definition) is 4. The molecule has 1 saturated heterocycles. The second-order valence-electron chi connectivity index (χ2n) is 9.65. The zero-order valence-corrected chi connectivity index (χ0v) is 19.4. The molecule has 6 heteroatoms. The highest BCUT2D eigenvalue weighted by Gasteiger charge is 2.49. The first-order chi connectivity index (χ1) is 16.0.